The SMILES string of the molecule is CCOCOC1CCCCC1NC. The molecule has 1 saturated carbocycles. The van der Waals surface area contributed by atoms with Crippen LogP contribution in [0, 0.1) is 0 Å². The van der Waals surface area contributed by atoms with E-state index < -0.39 is 0 Å². The normalized spacial score (nSPS) is 29.1. The molecule has 0 aromatic rings. The summed E-state index contributed by atoms with van der Waals surface area (Å²) in [6.07, 6.45) is 5.35. The van der Waals surface area contributed by atoms with Crippen LogP contribution in [0.25, 0.3) is 0 Å². The lowest BCUT2D eigenvalue weighted by Gasteiger charge is -2.30. The first-order chi connectivity index (χ1) is 6.38. The summed E-state index contributed by atoms with van der Waals surface area (Å²) in [6, 6.07) is 0.522. The zero-order valence-corrected chi connectivity index (χ0v) is 8.71. The van der Waals surface area contributed by atoms with Crippen molar-refractivity contribution in [2.75, 3.05) is 20.4 Å². The second-order valence-corrected chi connectivity index (χ2v) is 3.50. The van der Waals surface area contributed by atoms with Gasteiger partial charge >= 0.3 is 0 Å². The molecule has 1 fully saturated rings. The minimum Gasteiger partial charge on any atom is -0.356 e. The van der Waals surface area contributed by atoms with E-state index in [0.717, 1.165) is 6.61 Å². The second-order valence-electron chi connectivity index (χ2n) is 3.50. The third-order valence-electron chi connectivity index (χ3n) is 2.64. The van der Waals surface area contributed by atoms with Crippen molar-refractivity contribution < 1.29 is 9.47 Å². The van der Waals surface area contributed by atoms with E-state index in [4.69, 9.17) is 9.47 Å². The molecule has 0 radical (unpaired) electrons. The van der Waals surface area contributed by atoms with Crippen LogP contribution in [0.5, 0.6) is 0 Å². The zero-order valence-electron chi connectivity index (χ0n) is 8.71. The van der Waals surface area contributed by atoms with Crippen LogP contribution >= 0.6 is 0 Å². The molecular weight excluding hydrogens is 166 g/mol. The number of likely N-dealkylation sites (N-methyl/N-ethyl adjacent to an activating group) is 1. The van der Waals surface area contributed by atoms with E-state index >= 15 is 0 Å². The number of ether oxygens (including phenoxy) is 2. The summed E-state index contributed by atoms with van der Waals surface area (Å²) >= 11 is 0. The first-order valence-corrected chi connectivity index (χ1v) is 5.25. The van der Waals surface area contributed by atoms with Crippen LogP contribution in [0.4, 0.5) is 0 Å². The van der Waals surface area contributed by atoms with Crippen molar-refractivity contribution in [2.24, 2.45) is 0 Å². The first kappa shape index (κ1) is 11.0. The maximum atomic E-state index is 5.64. The smallest absolute Gasteiger partial charge is 0.147 e. The predicted octanol–water partition coefficient (Wildman–Crippen LogP) is 1.53. The molecular formula is C10H21NO2. The molecule has 3 heteroatoms. The third-order valence-corrected chi connectivity index (χ3v) is 2.64. The highest BCUT2D eigenvalue weighted by Crippen LogP contribution is 2.20. The monoisotopic (exact) mass is 187 g/mol. The Morgan fingerprint density at radius 3 is 2.77 bits per heavy atom. The van der Waals surface area contributed by atoms with Gasteiger partial charge in [0.2, 0.25) is 0 Å². The Morgan fingerprint density at radius 1 is 1.31 bits per heavy atom. The number of hydrogen-bond donors (Lipinski definition) is 1. The van der Waals surface area contributed by atoms with Crippen LogP contribution in [0.15, 0.2) is 0 Å². The average molecular weight is 187 g/mol. The van der Waals surface area contributed by atoms with E-state index in [1.54, 1.807) is 0 Å². The van der Waals surface area contributed by atoms with Gasteiger partial charge in [-0.2, -0.15) is 0 Å². The fraction of sp³-hybridized carbons (Fsp3) is 1.00. The summed E-state index contributed by atoms with van der Waals surface area (Å²) in [5.74, 6) is 0. The molecule has 1 N–H and O–H groups in total. The van der Waals surface area contributed by atoms with E-state index in [-0.39, 0.29) is 0 Å². The zero-order chi connectivity index (χ0) is 9.52. The first-order valence-electron chi connectivity index (χ1n) is 5.25. The van der Waals surface area contributed by atoms with Crippen LogP contribution in [-0.2, 0) is 9.47 Å². The number of rotatable bonds is 5. The minimum atomic E-state index is 0.352. The molecule has 2 atom stereocenters. The van der Waals surface area contributed by atoms with Crippen molar-refractivity contribution in [2.45, 2.75) is 44.8 Å². The number of hydrogen-bond acceptors (Lipinski definition) is 3. The van der Waals surface area contributed by atoms with Gasteiger partial charge in [0, 0.05) is 12.6 Å². The molecule has 0 amide bonds. The molecule has 0 aliphatic heterocycles. The highest BCUT2D eigenvalue weighted by molar-refractivity contribution is 4.80. The van der Waals surface area contributed by atoms with Gasteiger partial charge in [0.15, 0.2) is 0 Å². The molecule has 0 bridgehead atoms. The van der Waals surface area contributed by atoms with E-state index in [1.165, 1.54) is 25.7 Å². The molecule has 1 rings (SSSR count). The van der Waals surface area contributed by atoms with Crippen LogP contribution in [-0.4, -0.2) is 32.6 Å². The fourth-order valence-corrected chi connectivity index (χ4v) is 1.85. The van der Waals surface area contributed by atoms with Crippen LogP contribution in [0.2, 0.25) is 0 Å². The van der Waals surface area contributed by atoms with Gasteiger partial charge in [0.25, 0.3) is 0 Å². The van der Waals surface area contributed by atoms with Gasteiger partial charge < -0.3 is 14.8 Å². The van der Waals surface area contributed by atoms with Crippen molar-refractivity contribution in [3.8, 4) is 0 Å². The minimum absolute atomic E-state index is 0.352. The van der Waals surface area contributed by atoms with Gasteiger partial charge in [0.1, 0.15) is 6.79 Å². The van der Waals surface area contributed by atoms with Gasteiger partial charge in [0.05, 0.1) is 6.10 Å². The standard InChI is InChI=1S/C10H21NO2/c1-3-12-8-13-10-7-5-4-6-9(10)11-2/h9-11H,3-8H2,1-2H3. The van der Waals surface area contributed by atoms with Crippen LogP contribution in [0.1, 0.15) is 32.6 Å². The molecule has 78 valence electrons. The summed E-state index contributed by atoms with van der Waals surface area (Å²) in [5, 5.41) is 3.30. The molecule has 0 aromatic carbocycles. The highest BCUT2D eigenvalue weighted by Gasteiger charge is 2.23. The molecule has 0 saturated heterocycles. The highest BCUT2D eigenvalue weighted by atomic mass is 16.7. The van der Waals surface area contributed by atoms with Crippen LogP contribution < -0.4 is 5.32 Å². The summed E-state index contributed by atoms with van der Waals surface area (Å²) < 4.78 is 10.8. The van der Waals surface area contributed by atoms with Crippen molar-refractivity contribution in [3.63, 3.8) is 0 Å². The molecule has 0 aromatic heterocycles. The molecule has 1 aliphatic rings. The molecule has 2 unspecified atom stereocenters. The fourth-order valence-electron chi connectivity index (χ4n) is 1.85. The Bertz CT molecular complexity index is 130. The topological polar surface area (TPSA) is 30.5 Å². The summed E-state index contributed by atoms with van der Waals surface area (Å²) in [4.78, 5) is 0. The summed E-state index contributed by atoms with van der Waals surface area (Å²) in [6.45, 7) is 3.16. The van der Waals surface area contributed by atoms with Crippen molar-refractivity contribution in [1.82, 2.24) is 5.32 Å². The predicted molar refractivity (Wildman–Crippen MR) is 52.7 cm³/mol. The van der Waals surface area contributed by atoms with Gasteiger partial charge in [-0.05, 0) is 26.8 Å². The lowest BCUT2D eigenvalue weighted by Crippen LogP contribution is -2.42. The van der Waals surface area contributed by atoms with Gasteiger partial charge in [-0.15, -0.1) is 0 Å². The molecule has 0 spiro atoms. The Hall–Kier alpha value is -0.120. The van der Waals surface area contributed by atoms with Crippen LogP contribution in [0.3, 0.4) is 0 Å². The Balaban J connectivity index is 2.19. The van der Waals surface area contributed by atoms with Gasteiger partial charge in [-0.25, -0.2) is 0 Å². The molecule has 0 heterocycles. The maximum Gasteiger partial charge on any atom is 0.147 e. The third kappa shape index (κ3) is 3.63. The van der Waals surface area contributed by atoms with E-state index in [1.807, 2.05) is 14.0 Å². The van der Waals surface area contributed by atoms with Crippen molar-refractivity contribution in [3.05, 3.63) is 0 Å². The lowest BCUT2D eigenvalue weighted by atomic mass is 9.93. The average Bonchev–Trinajstić information content (AvgIpc) is 2.19. The van der Waals surface area contributed by atoms with Gasteiger partial charge in [-0.1, -0.05) is 12.8 Å². The molecule has 13 heavy (non-hydrogen) atoms. The van der Waals surface area contributed by atoms with E-state index in [2.05, 4.69) is 5.32 Å². The van der Waals surface area contributed by atoms with Crippen molar-refractivity contribution >= 4 is 0 Å². The van der Waals surface area contributed by atoms with E-state index in [9.17, 15) is 0 Å². The molecule has 3 nitrogen and oxygen atoms in total. The lowest BCUT2D eigenvalue weighted by molar-refractivity contribution is -0.104. The largest absolute Gasteiger partial charge is 0.356 e. The quantitative estimate of drug-likeness (QED) is 0.523. The Morgan fingerprint density at radius 2 is 2.08 bits per heavy atom. The van der Waals surface area contributed by atoms with E-state index in [0.29, 0.717) is 18.9 Å². The Labute approximate surface area is 80.8 Å². The summed E-state index contributed by atoms with van der Waals surface area (Å²) in [7, 11) is 2.01. The Kier molecular flexibility index (Phi) is 5.35. The van der Waals surface area contributed by atoms with Crippen molar-refractivity contribution in [1.29, 1.82) is 0 Å². The molecule has 1 aliphatic carbocycles. The second kappa shape index (κ2) is 6.35. The summed E-state index contributed by atoms with van der Waals surface area (Å²) in [5.41, 5.74) is 0. The maximum absolute atomic E-state index is 5.64. The number of nitrogens with one attached hydrogen (secondary N) is 1. The van der Waals surface area contributed by atoms with Gasteiger partial charge in [-0.3, -0.25) is 0 Å².